The molecule has 2 aliphatic carbocycles. The highest BCUT2D eigenvalue weighted by molar-refractivity contribution is 6.26. The standard InChI is InChI=1S/C38H30N2O4/c41-35-27-17-7-5-15-25(27)33-31(35)23-13-3-9-19-29(23)37(43)39(33)21-11-1-2-12-22-40-34-26-16-6-8-18-28(26)36(42)32(34)24-14-4-10-20-30(24)38(40)44/h3-10,13-20,31,33H,1-2,11-12,21-22H2. The smallest absolute Gasteiger partial charge is 0.258 e. The lowest BCUT2D eigenvalue weighted by Crippen LogP contribution is -2.42. The quantitative estimate of drug-likeness (QED) is 0.192. The fourth-order valence-corrected chi connectivity index (χ4v) is 7.66. The second-order valence-corrected chi connectivity index (χ2v) is 12.0. The molecule has 6 nitrogen and oxygen atoms in total. The van der Waals surface area contributed by atoms with Gasteiger partial charge in [-0.15, -0.1) is 0 Å². The van der Waals surface area contributed by atoms with Crippen LogP contribution in [0.15, 0.2) is 102 Å². The van der Waals surface area contributed by atoms with Crippen LogP contribution in [0.25, 0.3) is 22.0 Å². The lowest BCUT2D eigenvalue weighted by atomic mass is 9.83. The van der Waals surface area contributed by atoms with Crippen LogP contribution in [0.4, 0.5) is 0 Å². The number of carbonyl (C=O) groups excluding carboxylic acids is 3. The summed E-state index contributed by atoms with van der Waals surface area (Å²) >= 11 is 0. The zero-order valence-electron chi connectivity index (χ0n) is 24.2. The number of unbranched alkanes of at least 4 members (excludes halogenated alkanes) is 3. The second-order valence-electron chi connectivity index (χ2n) is 12.0. The molecule has 0 N–H and O–H groups in total. The largest absolute Gasteiger partial charge is 0.330 e. The van der Waals surface area contributed by atoms with Crippen LogP contribution >= 0.6 is 0 Å². The van der Waals surface area contributed by atoms with Crippen LogP contribution in [0.5, 0.6) is 0 Å². The maximum atomic E-state index is 13.7. The van der Waals surface area contributed by atoms with Crippen LogP contribution < -0.4 is 5.56 Å². The minimum atomic E-state index is -0.367. The molecule has 0 spiro atoms. The predicted molar refractivity (Wildman–Crippen MR) is 169 cm³/mol. The van der Waals surface area contributed by atoms with E-state index in [4.69, 9.17) is 0 Å². The fraction of sp³-hybridized carbons (Fsp3) is 0.211. The molecule has 0 saturated heterocycles. The van der Waals surface area contributed by atoms with E-state index in [2.05, 4.69) is 0 Å². The van der Waals surface area contributed by atoms with Crippen molar-refractivity contribution in [3.05, 3.63) is 141 Å². The Morgan fingerprint density at radius 3 is 1.91 bits per heavy atom. The number of amides is 1. The molecule has 0 bridgehead atoms. The highest BCUT2D eigenvalue weighted by Gasteiger charge is 2.49. The third-order valence-corrected chi connectivity index (χ3v) is 9.63. The van der Waals surface area contributed by atoms with Crippen molar-refractivity contribution in [3.63, 3.8) is 0 Å². The van der Waals surface area contributed by atoms with Gasteiger partial charge in [0.25, 0.3) is 11.5 Å². The van der Waals surface area contributed by atoms with E-state index in [9.17, 15) is 19.2 Å². The molecule has 8 rings (SSSR count). The summed E-state index contributed by atoms with van der Waals surface area (Å²) in [6, 6.07) is 29.8. The first kappa shape index (κ1) is 26.5. The van der Waals surface area contributed by atoms with Crippen molar-refractivity contribution in [2.75, 3.05) is 6.54 Å². The van der Waals surface area contributed by atoms with Crippen molar-refractivity contribution in [1.29, 1.82) is 0 Å². The van der Waals surface area contributed by atoms with Gasteiger partial charge in [-0.05, 0) is 36.1 Å². The van der Waals surface area contributed by atoms with Crippen LogP contribution in [-0.4, -0.2) is 33.5 Å². The van der Waals surface area contributed by atoms with Crippen LogP contribution in [-0.2, 0) is 6.54 Å². The first-order valence-electron chi connectivity index (χ1n) is 15.4. The number of hydrogen-bond acceptors (Lipinski definition) is 4. The van der Waals surface area contributed by atoms with Crippen LogP contribution in [0.3, 0.4) is 0 Å². The molecule has 1 amide bonds. The maximum Gasteiger partial charge on any atom is 0.258 e. The highest BCUT2D eigenvalue weighted by atomic mass is 16.2. The molecule has 2 heterocycles. The van der Waals surface area contributed by atoms with Crippen LogP contribution in [0.2, 0.25) is 0 Å². The minimum absolute atomic E-state index is 0.0204. The lowest BCUT2D eigenvalue weighted by molar-refractivity contribution is 0.0603. The van der Waals surface area contributed by atoms with E-state index in [-0.39, 0.29) is 35.0 Å². The van der Waals surface area contributed by atoms with Gasteiger partial charge in [0.15, 0.2) is 11.6 Å². The van der Waals surface area contributed by atoms with E-state index in [1.54, 1.807) is 10.6 Å². The average Bonchev–Trinajstić information content (AvgIpc) is 3.53. The Balaban J connectivity index is 1.01. The normalized spacial score (nSPS) is 17.8. The van der Waals surface area contributed by atoms with Gasteiger partial charge < -0.3 is 9.47 Å². The van der Waals surface area contributed by atoms with E-state index < -0.39 is 0 Å². The third kappa shape index (κ3) is 3.80. The van der Waals surface area contributed by atoms with Gasteiger partial charge in [0, 0.05) is 46.1 Å². The number of aromatic nitrogens is 1. The van der Waals surface area contributed by atoms with Crippen molar-refractivity contribution < 1.29 is 14.4 Å². The molecule has 2 atom stereocenters. The molecule has 0 fully saturated rings. The van der Waals surface area contributed by atoms with Crippen molar-refractivity contribution in [2.45, 2.75) is 44.2 Å². The van der Waals surface area contributed by atoms with Gasteiger partial charge in [-0.25, -0.2) is 0 Å². The number of benzene rings is 4. The van der Waals surface area contributed by atoms with Crippen molar-refractivity contribution in [2.24, 2.45) is 0 Å². The summed E-state index contributed by atoms with van der Waals surface area (Å²) in [6.45, 7) is 1.07. The Labute approximate surface area is 254 Å². The molecule has 3 aliphatic rings. The molecule has 216 valence electrons. The summed E-state index contributed by atoms with van der Waals surface area (Å²) in [5, 5.41) is 1.28. The van der Waals surface area contributed by atoms with Gasteiger partial charge in [0.1, 0.15) is 0 Å². The van der Waals surface area contributed by atoms with Gasteiger partial charge in [0.05, 0.1) is 23.2 Å². The molecule has 0 saturated carbocycles. The fourth-order valence-electron chi connectivity index (χ4n) is 7.66. The molecule has 44 heavy (non-hydrogen) atoms. The Kier molecular flexibility index (Phi) is 6.19. The van der Waals surface area contributed by atoms with E-state index in [0.29, 0.717) is 46.1 Å². The molecule has 6 heteroatoms. The molecule has 4 aromatic carbocycles. The summed E-state index contributed by atoms with van der Waals surface area (Å²) < 4.78 is 1.79. The number of nitrogens with zero attached hydrogens (tertiary/aromatic N) is 2. The highest BCUT2D eigenvalue weighted by Crippen LogP contribution is 2.50. The molecule has 0 radical (unpaired) electrons. The summed E-state index contributed by atoms with van der Waals surface area (Å²) in [4.78, 5) is 56.2. The molecule has 5 aromatic rings. The number of carbonyl (C=O) groups is 3. The van der Waals surface area contributed by atoms with E-state index in [0.717, 1.165) is 48.1 Å². The minimum Gasteiger partial charge on any atom is -0.330 e. The number of hydrogen-bond donors (Lipinski definition) is 0. The maximum absolute atomic E-state index is 13.7. The molecular formula is C38H30N2O4. The van der Waals surface area contributed by atoms with E-state index in [1.165, 1.54) is 0 Å². The van der Waals surface area contributed by atoms with Crippen molar-refractivity contribution in [1.82, 2.24) is 9.47 Å². The molecule has 1 aromatic heterocycles. The van der Waals surface area contributed by atoms with Gasteiger partial charge in [-0.1, -0.05) is 97.8 Å². The summed E-state index contributed by atoms with van der Waals surface area (Å²) in [5.74, 6) is -0.329. The van der Waals surface area contributed by atoms with Crippen molar-refractivity contribution >= 4 is 28.2 Å². The predicted octanol–water partition coefficient (Wildman–Crippen LogP) is 6.95. The van der Waals surface area contributed by atoms with Crippen LogP contribution in [0.1, 0.15) is 85.4 Å². The lowest BCUT2D eigenvalue weighted by Gasteiger charge is -2.38. The molecular weight excluding hydrogens is 548 g/mol. The van der Waals surface area contributed by atoms with Gasteiger partial charge in [-0.3, -0.25) is 19.2 Å². The topological polar surface area (TPSA) is 76.5 Å². The van der Waals surface area contributed by atoms with Crippen molar-refractivity contribution in [3.8, 4) is 11.3 Å². The monoisotopic (exact) mass is 578 g/mol. The Morgan fingerprint density at radius 2 is 1.14 bits per heavy atom. The number of pyridine rings is 1. The summed E-state index contributed by atoms with van der Waals surface area (Å²) in [5.41, 5.74) is 5.83. The van der Waals surface area contributed by atoms with Gasteiger partial charge >= 0.3 is 0 Å². The number of Topliss-reactive ketones (excluding diaryl/α,β-unsaturated/α-hetero) is 1. The Hall–Kier alpha value is -5.10. The van der Waals surface area contributed by atoms with Gasteiger partial charge in [-0.2, -0.15) is 0 Å². The SMILES string of the molecule is O=C1c2ccccc2-c2c1c1ccccc1c(=O)n2CCCCCCN1C(=O)c2ccccc2C2C(=O)c3ccccc3C21. The first-order valence-corrected chi connectivity index (χ1v) is 15.4. The summed E-state index contributed by atoms with van der Waals surface area (Å²) in [7, 11) is 0. The number of rotatable bonds is 7. The van der Waals surface area contributed by atoms with E-state index >= 15 is 0 Å². The zero-order valence-corrected chi connectivity index (χ0v) is 24.2. The number of fused-ring (bicyclic) bond motifs is 10. The average molecular weight is 579 g/mol. The zero-order chi connectivity index (χ0) is 29.9. The number of ketones is 2. The molecule has 2 unspecified atom stereocenters. The third-order valence-electron chi connectivity index (χ3n) is 9.63. The Bertz CT molecular complexity index is 2090. The van der Waals surface area contributed by atoms with Gasteiger partial charge in [0.2, 0.25) is 0 Å². The second kappa shape index (κ2) is 10.3. The molecule has 1 aliphatic heterocycles. The van der Waals surface area contributed by atoms with Crippen LogP contribution in [0, 0.1) is 0 Å². The Morgan fingerprint density at radius 1 is 0.545 bits per heavy atom. The van der Waals surface area contributed by atoms with E-state index in [1.807, 2.05) is 95.9 Å². The first-order chi connectivity index (χ1) is 21.6. The summed E-state index contributed by atoms with van der Waals surface area (Å²) in [6.07, 6.45) is 3.30.